The summed E-state index contributed by atoms with van der Waals surface area (Å²) in [6, 6.07) is 5.95. The molecule has 0 N–H and O–H groups in total. The molecule has 1 aliphatic rings. The molecular weight excluding hydrogens is 234 g/mol. The summed E-state index contributed by atoms with van der Waals surface area (Å²) in [6.07, 6.45) is 2.09. The van der Waals surface area contributed by atoms with E-state index in [4.69, 9.17) is 0 Å². The van der Waals surface area contributed by atoms with E-state index in [2.05, 4.69) is 26.8 Å². The van der Waals surface area contributed by atoms with Gasteiger partial charge >= 0.3 is 0 Å². The summed E-state index contributed by atoms with van der Waals surface area (Å²) in [5, 5.41) is 0. The molecule has 3 nitrogen and oxygen atoms in total. The number of anilines is 1. The van der Waals surface area contributed by atoms with Gasteiger partial charge in [0.05, 0.1) is 11.9 Å². The van der Waals surface area contributed by atoms with Crippen LogP contribution in [0.2, 0.25) is 0 Å². The van der Waals surface area contributed by atoms with E-state index in [1.165, 1.54) is 21.7 Å². The molecule has 1 aliphatic heterocycles. The Morgan fingerprint density at radius 1 is 1.24 bits per heavy atom. The van der Waals surface area contributed by atoms with Crippen LogP contribution in [0.15, 0.2) is 18.2 Å². The number of nitrogens with zero attached hydrogens (tertiary/aromatic N) is 1. The van der Waals surface area contributed by atoms with E-state index in [1.807, 2.05) is 12.1 Å². The first-order valence-corrected chi connectivity index (χ1v) is 7.66. The fourth-order valence-corrected chi connectivity index (χ4v) is 3.40. The Labute approximate surface area is 104 Å². The molecule has 0 amide bonds. The summed E-state index contributed by atoms with van der Waals surface area (Å²) in [7, 11) is -3.14. The van der Waals surface area contributed by atoms with Gasteiger partial charge in [-0.05, 0) is 29.0 Å². The highest BCUT2D eigenvalue weighted by Gasteiger charge is 2.30. The zero-order chi connectivity index (χ0) is 12.8. The van der Waals surface area contributed by atoms with E-state index in [0.29, 0.717) is 6.54 Å². The molecule has 1 aromatic carbocycles. The Hall–Kier alpha value is -1.03. The summed E-state index contributed by atoms with van der Waals surface area (Å²) in [4.78, 5) is 0. The summed E-state index contributed by atoms with van der Waals surface area (Å²) in [5.41, 5.74) is 3.35. The lowest BCUT2D eigenvalue weighted by molar-refractivity contribution is 0.585. The Morgan fingerprint density at radius 2 is 1.88 bits per heavy atom. The molecule has 0 atom stereocenters. The molecule has 0 unspecified atom stereocenters. The topological polar surface area (TPSA) is 37.4 Å². The first kappa shape index (κ1) is 12.4. The van der Waals surface area contributed by atoms with Crippen molar-refractivity contribution in [1.29, 1.82) is 0 Å². The Bertz CT molecular complexity index is 541. The molecule has 0 fully saturated rings. The van der Waals surface area contributed by atoms with Crippen LogP contribution in [0, 0.1) is 0 Å². The molecular formula is C13H19NO2S. The zero-order valence-electron chi connectivity index (χ0n) is 10.8. The lowest BCUT2D eigenvalue weighted by Crippen LogP contribution is -2.27. The molecule has 0 saturated heterocycles. The Balaban J connectivity index is 2.58. The van der Waals surface area contributed by atoms with Gasteiger partial charge < -0.3 is 0 Å². The van der Waals surface area contributed by atoms with Crippen LogP contribution in [0.25, 0.3) is 0 Å². The maximum atomic E-state index is 11.7. The highest BCUT2D eigenvalue weighted by molar-refractivity contribution is 7.92. The van der Waals surface area contributed by atoms with E-state index in [0.717, 1.165) is 12.1 Å². The number of sulfonamides is 1. The van der Waals surface area contributed by atoms with Gasteiger partial charge in [-0.15, -0.1) is 0 Å². The second kappa shape index (κ2) is 3.73. The molecule has 0 aliphatic carbocycles. The summed E-state index contributed by atoms with van der Waals surface area (Å²) in [6.45, 7) is 7.05. The van der Waals surface area contributed by atoms with Crippen LogP contribution in [0.3, 0.4) is 0 Å². The molecule has 0 saturated carbocycles. The van der Waals surface area contributed by atoms with Crippen molar-refractivity contribution in [2.45, 2.75) is 32.6 Å². The largest absolute Gasteiger partial charge is 0.270 e. The minimum Gasteiger partial charge on any atom is -0.270 e. The first-order chi connectivity index (χ1) is 7.71. The van der Waals surface area contributed by atoms with Crippen LogP contribution < -0.4 is 4.31 Å². The molecule has 1 heterocycles. The molecule has 0 spiro atoms. The Kier molecular flexibility index (Phi) is 2.73. The second-order valence-corrected chi connectivity index (χ2v) is 7.55. The molecule has 2 rings (SSSR count). The molecule has 94 valence electrons. The lowest BCUT2D eigenvalue weighted by Gasteiger charge is -2.23. The summed E-state index contributed by atoms with van der Waals surface area (Å²) >= 11 is 0. The van der Waals surface area contributed by atoms with Gasteiger partial charge in [0.1, 0.15) is 0 Å². The number of benzene rings is 1. The van der Waals surface area contributed by atoms with E-state index in [-0.39, 0.29) is 5.41 Å². The highest BCUT2D eigenvalue weighted by atomic mass is 32.2. The van der Waals surface area contributed by atoms with Crippen LogP contribution in [0.5, 0.6) is 0 Å². The maximum Gasteiger partial charge on any atom is 0.232 e. The Morgan fingerprint density at radius 3 is 2.41 bits per heavy atom. The highest BCUT2D eigenvalue weighted by Crippen LogP contribution is 2.37. The van der Waals surface area contributed by atoms with Gasteiger partial charge in [-0.25, -0.2) is 8.42 Å². The fraction of sp³-hybridized carbons (Fsp3) is 0.538. The molecule has 1 aromatic rings. The molecule has 0 radical (unpaired) electrons. The van der Waals surface area contributed by atoms with Crippen LogP contribution in [0.1, 0.15) is 31.9 Å². The molecule has 4 heteroatoms. The van der Waals surface area contributed by atoms with E-state index < -0.39 is 10.0 Å². The first-order valence-electron chi connectivity index (χ1n) is 5.81. The standard InChI is InChI=1S/C13H19NO2S/c1-13(2,3)11-6-5-7-12-10(11)8-9-14(12)17(4,15)16/h5-7H,8-9H2,1-4H3. The third-order valence-corrected chi connectivity index (χ3v) is 4.37. The number of fused-ring (bicyclic) bond motifs is 1. The third kappa shape index (κ3) is 2.18. The minimum absolute atomic E-state index is 0.0544. The fourth-order valence-electron chi connectivity index (χ4n) is 2.45. The predicted octanol–water partition coefficient (Wildman–Crippen LogP) is 2.31. The van der Waals surface area contributed by atoms with Gasteiger partial charge in [0.25, 0.3) is 0 Å². The number of hydrogen-bond acceptors (Lipinski definition) is 2. The second-order valence-electron chi connectivity index (χ2n) is 5.64. The smallest absolute Gasteiger partial charge is 0.232 e. The van der Waals surface area contributed by atoms with E-state index in [1.54, 1.807) is 0 Å². The van der Waals surface area contributed by atoms with Crippen molar-refractivity contribution in [2.75, 3.05) is 17.1 Å². The number of rotatable bonds is 1. The normalized spacial score (nSPS) is 16.1. The molecule has 17 heavy (non-hydrogen) atoms. The van der Waals surface area contributed by atoms with Crippen molar-refractivity contribution < 1.29 is 8.42 Å². The predicted molar refractivity (Wildman–Crippen MR) is 71.0 cm³/mol. The van der Waals surface area contributed by atoms with Crippen molar-refractivity contribution in [3.05, 3.63) is 29.3 Å². The van der Waals surface area contributed by atoms with Crippen LogP contribution in [-0.2, 0) is 21.9 Å². The van der Waals surface area contributed by atoms with Gasteiger partial charge in [0.15, 0.2) is 0 Å². The number of hydrogen-bond donors (Lipinski definition) is 0. The van der Waals surface area contributed by atoms with Crippen molar-refractivity contribution in [3.63, 3.8) is 0 Å². The van der Waals surface area contributed by atoms with Gasteiger partial charge in [0, 0.05) is 6.54 Å². The minimum atomic E-state index is -3.14. The van der Waals surface area contributed by atoms with E-state index in [9.17, 15) is 8.42 Å². The summed E-state index contributed by atoms with van der Waals surface area (Å²) < 4.78 is 24.9. The van der Waals surface area contributed by atoms with Gasteiger partial charge in [-0.2, -0.15) is 0 Å². The average molecular weight is 253 g/mol. The third-order valence-electron chi connectivity index (χ3n) is 3.19. The van der Waals surface area contributed by atoms with Crippen LogP contribution in [-0.4, -0.2) is 21.2 Å². The molecule has 0 bridgehead atoms. The quantitative estimate of drug-likeness (QED) is 0.770. The van der Waals surface area contributed by atoms with Gasteiger partial charge in [0.2, 0.25) is 10.0 Å². The lowest BCUT2D eigenvalue weighted by atomic mass is 9.83. The average Bonchev–Trinajstić information content (AvgIpc) is 2.57. The van der Waals surface area contributed by atoms with Gasteiger partial charge in [-0.3, -0.25) is 4.31 Å². The van der Waals surface area contributed by atoms with Crippen molar-refractivity contribution >= 4 is 15.7 Å². The monoisotopic (exact) mass is 253 g/mol. The van der Waals surface area contributed by atoms with Crippen molar-refractivity contribution in [2.24, 2.45) is 0 Å². The zero-order valence-corrected chi connectivity index (χ0v) is 11.6. The van der Waals surface area contributed by atoms with Crippen molar-refractivity contribution in [3.8, 4) is 0 Å². The van der Waals surface area contributed by atoms with Crippen molar-refractivity contribution in [1.82, 2.24) is 0 Å². The maximum absolute atomic E-state index is 11.7. The SMILES string of the molecule is CC(C)(C)c1cccc2c1CCN2S(C)(=O)=O. The van der Waals surface area contributed by atoms with E-state index >= 15 is 0 Å². The van der Waals surface area contributed by atoms with Crippen LogP contribution >= 0.6 is 0 Å². The molecule has 0 aromatic heterocycles. The summed E-state index contributed by atoms with van der Waals surface area (Å²) in [5.74, 6) is 0. The van der Waals surface area contributed by atoms with Crippen LogP contribution in [0.4, 0.5) is 5.69 Å². The van der Waals surface area contributed by atoms with Gasteiger partial charge in [-0.1, -0.05) is 32.9 Å².